The predicted octanol–water partition coefficient (Wildman–Crippen LogP) is 2.98. The number of hydrogen-bond donors (Lipinski definition) is 1. The molecule has 1 atom stereocenters. The molecular formula is C18H28N2O2. The molecule has 4 nitrogen and oxygen atoms in total. The Balaban J connectivity index is 1.91. The zero-order valence-electron chi connectivity index (χ0n) is 14.0. The highest BCUT2D eigenvalue weighted by molar-refractivity contribution is 5.44. The molecule has 3 rings (SSSR count). The topological polar surface area (TPSA) is 33.7 Å². The molecule has 1 saturated heterocycles. The number of fused-ring (bicyclic) bond motifs is 1. The fourth-order valence-electron chi connectivity index (χ4n) is 3.57. The average Bonchev–Trinajstić information content (AvgIpc) is 2.52. The van der Waals surface area contributed by atoms with E-state index in [0.29, 0.717) is 6.04 Å². The van der Waals surface area contributed by atoms with Gasteiger partial charge in [-0.1, -0.05) is 13.0 Å². The van der Waals surface area contributed by atoms with Crippen LogP contribution in [0.2, 0.25) is 0 Å². The molecule has 4 heteroatoms. The summed E-state index contributed by atoms with van der Waals surface area (Å²) in [5.74, 6) is 1.93. The Labute approximate surface area is 133 Å². The van der Waals surface area contributed by atoms with Gasteiger partial charge in [0, 0.05) is 24.1 Å². The van der Waals surface area contributed by atoms with Crippen molar-refractivity contribution in [3.05, 3.63) is 23.8 Å². The normalized spacial score (nSPS) is 23.2. The monoisotopic (exact) mass is 304 g/mol. The fourth-order valence-corrected chi connectivity index (χ4v) is 3.57. The highest BCUT2D eigenvalue weighted by atomic mass is 16.5. The van der Waals surface area contributed by atoms with Crippen LogP contribution in [0.4, 0.5) is 0 Å². The number of piperidine rings is 1. The van der Waals surface area contributed by atoms with Crippen molar-refractivity contribution in [2.45, 2.75) is 44.2 Å². The first kappa shape index (κ1) is 15.6. The van der Waals surface area contributed by atoms with Gasteiger partial charge in [-0.15, -0.1) is 0 Å². The molecular weight excluding hydrogens is 276 g/mol. The summed E-state index contributed by atoms with van der Waals surface area (Å²) in [6.07, 6.45) is 4.26. The molecule has 1 aromatic rings. The van der Waals surface area contributed by atoms with Crippen molar-refractivity contribution >= 4 is 0 Å². The molecule has 2 aliphatic heterocycles. The molecule has 2 aliphatic rings. The van der Waals surface area contributed by atoms with Crippen molar-refractivity contribution in [3.8, 4) is 11.5 Å². The van der Waals surface area contributed by atoms with Gasteiger partial charge in [0.15, 0.2) is 0 Å². The van der Waals surface area contributed by atoms with Crippen molar-refractivity contribution in [1.29, 1.82) is 0 Å². The van der Waals surface area contributed by atoms with Crippen LogP contribution in [0.3, 0.4) is 0 Å². The second kappa shape index (κ2) is 6.47. The molecule has 0 amide bonds. The molecule has 2 heterocycles. The zero-order chi connectivity index (χ0) is 15.6. The lowest BCUT2D eigenvalue weighted by atomic mass is 9.80. The first-order valence-corrected chi connectivity index (χ1v) is 8.46. The van der Waals surface area contributed by atoms with E-state index in [1.54, 1.807) is 0 Å². The van der Waals surface area contributed by atoms with Gasteiger partial charge >= 0.3 is 0 Å². The second-order valence-corrected chi connectivity index (χ2v) is 6.77. The third-order valence-electron chi connectivity index (χ3n) is 4.85. The van der Waals surface area contributed by atoms with E-state index in [4.69, 9.17) is 9.47 Å². The maximum Gasteiger partial charge on any atom is 0.128 e. The smallest absolute Gasteiger partial charge is 0.128 e. The first-order valence-electron chi connectivity index (χ1n) is 8.46. The van der Waals surface area contributed by atoms with Crippen LogP contribution in [-0.4, -0.2) is 44.3 Å². The third kappa shape index (κ3) is 3.08. The molecule has 0 aliphatic carbocycles. The van der Waals surface area contributed by atoms with E-state index >= 15 is 0 Å². The Morgan fingerprint density at radius 2 is 2.09 bits per heavy atom. The summed E-state index contributed by atoms with van der Waals surface area (Å²) >= 11 is 0. The van der Waals surface area contributed by atoms with E-state index in [1.807, 2.05) is 0 Å². The summed E-state index contributed by atoms with van der Waals surface area (Å²) in [5.41, 5.74) is 1.27. The van der Waals surface area contributed by atoms with E-state index in [2.05, 4.69) is 49.4 Å². The molecule has 1 aromatic carbocycles. The standard InChI is InChI=1S/C18H28N2O2/c1-4-11-21-14-5-6-15-16(20(2)3)13-18(22-17(15)12-14)7-9-19-10-8-18/h5-6,12,16,19H,4,7-11,13H2,1-3H3. The van der Waals surface area contributed by atoms with Crippen molar-refractivity contribution in [2.75, 3.05) is 33.8 Å². The third-order valence-corrected chi connectivity index (χ3v) is 4.85. The number of ether oxygens (including phenoxy) is 2. The first-order chi connectivity index (χ1) is 10.6. The molecule has 1 spiro atoms. The molecule has 0 aromatic heterocycles. The summed E-state index contributed by atoms with van der Waals surface area (Å²) in [7, 11) is 4.33. The molecule has 0 radical (unpaired) electrons. The molecule has 1 unspecified atom stereocenters. The Bertz CT molecular complexity index is 510. The summed E-state index contributed by atoms with van der Waals surface area (Å²) < 4.78 is 12.3. The summed E-state index contributed by atoms with van der Waals surface area (Å²) in [6.45, 7) is 4.97. The Morgan fingerprint density at radius 1 is 1.32 bits per heavy atom. The number of benzene rings is 1. The highest BCUT2D eigenvalue weighted by Gasteiger charge is 2.42. The van der Waals surface area contributed by atoms with Crippen LogP contribution < -0.4 is 14.8 Å². The molecule has 0 saturated carbocycles. The Kier molecular flexibility index (Phi) is 4.59. The quantitative estimate of drug-likeness (QED) is 0.927. The molecule has 122 valence electrons. The van der Waals surface area contributed by atoms with Crippen molar-refractivity contribution in [2.24, 2.45) is 0 Å². The zero-order valence-corrected chi connectivity index (χ0v) is 14.0. The van der Waals surface area contributed by atoms with Gasteiger partial charge in [0.05, 0.1) is 6.61 Å². The summed E-state index contributed by atoms with van der Waals surface area (Å²) in [5, 5.41) is 3.45. The average molecular weight is 304 g/mol. The van der Waals surface area contributed by atoms with Crippen molar-refractivity contribution in [1.82, 2.24) is 10.2 Å². The Morgan fingerprint density at radius 3 is 2.77 bits per heavy atom. The van der Waals surface area contributed by atoms with Gasteiger partial charge in [0.1, 0.15) is 17.1 Å². The molecule has 22 heavy (non-hydrogen) atoms. The minimum absolute atomic E-state index is 0.0173. The fraction of sp³-hybridized carbons (Fsp3) is 0.667. The maximum absolute atomic E-state index is 6.51. The minimum atomic E-state index is -0.0173. The van der Waals surface area contributed by atoms with Crippen LogP contribution in [0, 0.1) is 0 Å². The van der Waals surface area contributed by atoms with Crippen LogP contribution in [0.25, 0.3) is 0 Å². The Hall–Kier alpha value is -1.26. The highest BCUT2D eigenvalue weighted by Crippen LogP contribution is 2.46. The van der Waals surface area contributed by atoms with Crippen LogP contribution >= 0.6 is 0 Å². The summed E-state index contributed by atoms with van der Waals surface area (Å²) in [4.78, 5) is 2.32. The van der Waals surface area contributed by atoms with E-state index in [-0.39, 0.29) is 5.60 Å². The van der Waals surface area contributed by atoms with E-state index in [1.165, 1.54) is 5.56 Å². The SMILES string of the molecule is CCCOc1ccc2c(c1)OC1(CCNCC1)CC2N(C)C. The van der Waals surface area contributed by atoms with Gasteiger partial charge in [0.2, 0.25) is 0 Å². The van der Waals surface area contributed by atoms with Gasteiger partial charge in [0.25, 0.3) is 0 Å². The lowest BCUT2D eigenvalue weighted by molar-refractivity contribution is -0.0120. The number of rotatable bonds is 4. The second-order valence-electron chi connectivity index (χ2n) is 6.77. The van der Waals surface area contributed by atoms with Gasteiger partial charge in [-0.05, 0) is 52.5 Å². The van der Waals surface area contributed by atoms with E-state index in [9.17, 15) is 0 Å². The van der Waals surface area contributed by atoms with Gasteiger partial charge in [-0.25, -0.2) is 0 Å². The maximum atomic E-state index is 6.51. The number of nitrogens with zero attached hydrogens (tertiary/aromatic N) is 1. The van der Waals surface area contributed by atoms with Gasteiger partial charge in [-0.3, -0.25) is 0 Å². The predicted molar refractivity (Wildman–Crippen MR) is 88.7 cm³/mol. The lowest BCUT2D eigenvalue weighted by Crippen LogP contribution is -2.50. The van der Waals surface area contributed by atoms with Crippen LogP contribution in [-0.2, 0) is 0 Å². The molecule has 1 fully saturated rings. The van der Waals surface area contributed by atoms with E-state index in [0.717, 1.165) is 56.9 Å². The van der Waals surface area contributed by atoms with Crippen molar-refractivity contribution in [3.63, 3.8) is 0 Å². The van der Waals surface area contributed by atoms with Crippen LogP contribution in [0.5, 0.6) is 11.5 Å². The summed E-state index contributed by atoms with van der Waals surface area (Å²) in [6, 6.07) is 6.76. The number of nitrogens with one attached hydrogen (secondary N) is 1. The number of hydrogen-bond acceptors (Lipinski definition) is 4. The largest absolute Gasteiger partial charge is 0.493 e. The van der Waals surface area contributed by atoms with Gasteiger partial charge < -0.3 is 19.7 Å². The van der Waals surface area contributed by atoms with Gasteiger partial charge in [-0.2, -0.15) is 0 Å². The lowest BCUT2D eigenvalue weighted by Gasteiger charge is -2.46. The minimum Gasteiger partial charge on any atom is -0.493 e. The van der Waals surface area contributed by atoms with Crippen LogP contribution in [0.1, 0.15) is 44.2 Å². The molecule has 1 N–H and O–H groups in total. The van der Waals surface area contributed by atoms with Crippen LogP contribution in [0.15, 0.2) is 18.2 Å². The van der Waals surface area contributed by atoms with Crippen molar-refractivity contribution < 1.29 is 9.47 Å². The molecule has 0 bridgehead atoms. The van der Waals surface area contributed by atoms with E-state index < -0.39 is 0 Å².